The summed E-state index contributed by atoms with van der Waals surface area (Å²) < 4.78 is 20.8. The van der Waals surface area contributed by atoms with E-state index in [0.29, 0.717) is 23.2 Å². The summed E-state index contributed by atoms with van der Waals surface area (Å²) in [7, 11) is 1.39. The molecule has 7 heteroatoms. The third-order valence-corrected chi connectivity index (χ3v) is 4.89. The minimum absolute atomic E-state index is 0.128. The zero-order chi connectivity index (χ0) is 21.7. The van der Waals surface area contributed by atoms with Crippen molar-refractivity contribution in [2.75, 3.05) is 12.8 Å². The summed E-state index contributed by atoms with van der Waals surface area (Å²) in [5, 5.41) is 3.21. The maximum atomic E-state index is 15.5. The van der Waals surface area contributed by atoms with Crippen LogP contribution >= 0.6 is 0 Å². The molecule has 5 N–H and O–H groups in total. The van der Waals surface area contributed by atoms with Gasteiger partial charge in [-0.1, -0.05) is 13.0 Å². The fourth-order valence-corrected chi connectivity index (χ4v) is 3.32. The molecule has 0 bridgehead atoms. The van der Waals surface area contributed by atoms with Gasteiger partial charge in [-0.05, 0) is 50.1 Å². The standard InChI is InChI=1S/C22H28FN3O3/c1-5-17(26-13(3)11-19(25)27)15-7-9-18(29-4)20(21(15)23)22(28)14-6-8-16(24)12(2)10-14/h6-10,13,17,26H,5,11,24H2,1-4H3,(H2,25,27)/t13-,17+/m0/s1. The van der Waals surface area contributed by atoms with Crippen LogP contribution in [0, 0.1) is 12.7 Å². The first-order valence-electron chi connectivity index (χ1n) is 9.51. The van der Waals surface area contributed by atoms with Crippen molar-refractivity contribution in [2.24, 2.45) is 5.73 Å². The Hall–Kier alpha value is -2.93. The first-order valence-corrected chi connectivity index (χ1v) is 9.51. The van der Waals surface area contributed by atoms with Crippen molar-refractivity contribution >= 4 is 17.4 Å². The van der Waals surface area contributed by atoms with Crippen LogP contribution in [0.4, 0.5) is 10.1 Å². The van der Waals surface area contributed by atoms with Crippen LogP contribution in [0.3, 0.4) is 0 Å². The molecule has 29 heavy (non-hydrogen) atoms. The molecule has 0 saturated heterocycles. The lowest BCUT2D eigenvalue weighted by molar-refractivity contribution is -0.118. The number of nitrogens with two attached hydrogens (primary N) is 2. The molecule has 156 valence electrons. The lowest BCUT2D eigenvalue weighted by Gasteiger charge is -2.24. The van der Waals surface area contributed by atoms with Crippen molar-refractivity contribution in [1.82, 2.24) is 5.32 Å². The summed E-state index contributed by atoms with van der Waals surface area (Å²) >= 11 is 0. The van der Waals surface area contributed by atoms with E-state index in [0.717, 1.165) is 5.56 Å². The number of ether oxygens (including phenoxy) is 1. The highest BCUT2D eigenvalue weighted by molar-refractivity contribution is 6.11. The molecule has 2 rings (SSSR count). The third kappa shape index (κ3) is 5.12. The number of carbonyl (C=O) groups excluding carboxylic acids is 2. The molecule has 2 aromatic rings. The van der Waals surface area contributed by atoms with Gasteiger partial charge in [0.05, 0.1) is 7.11 Å². The number of methoxy groups -OCH3 is 1. The number of anilines is 1. The van der Waals surface area contributed by atoms with Gasteiger partial charge in [0.1, 0.15) is 17.1 Å². The smallest absolute Gasteiger partial charge is 0.218 e. The molecule has 6 nitrogen and oxygen atoms in total. The number of primary amides is 1. The molecule has 2 aromatic carbocycles. The Morgan fingerprint density at radius 1 is 1.24 bits per heavy atom. The second-order valence-electron chi connectivity index (χ2n) is 7.15. The molecule has 1 amide bonds. The van der Waals surface area contributed by atoms with Gasteiger partial charge in [-0.2, -0.15) is 0 Å². The quantitative estimate of drug-likeness (QED) is 0.442. The number of hydrogen-bond acceptors (Lipinski definition) is 5. The minimum atomic E-state index is -0.644. The van der Waals surface area contributed by atoms with E-state index in [9.17, 15) is 9.59 Å². The van der Waals surface area contributed by atoms with Gasteiger partial charge in [-0.3, -0.25) is 9.59 Å². The van der Waals surface area contributed by atoms with E-state index in [2.05, 4.69) is 5.32 Å². The van der Waals surface area contributed by atoms with E-state index >= 15 is 4.39 Å². The number of aryl methyl sites for hydroxylation is 1. The SMILES string of the molecule is CC[C@@H](N[C@@H](C)CC(N)=O)c1ccc(OC)c(C(=O)c2ccc(N)c(C)c2)c1F. The van der Waals surface area contributed by atoms with E-state index in [-0.39, 0.29) is 23.8 Å². The second kappa shape index (κ2) is 9.52. The van der Waals surface area contributed by atoms with Gasteiger partial charge >= 0.3 is 0 Å². The monoisotopic (exact) mass is 401 g/mol. The number of amides is 1. The Kier molecular flexibility index (Phi) is 7.34. The molecular formula is C22H28FN3O3. The predicted octanol–water partition coefficient (Wildman–Crippen LogP) is 3.26. The molecule has 0 aliphatic rings. The van der Waals surface area contributed by atoms with E-state index in [1.54, 1.807) is 44.2 Å². The summed E-state index contributed by atoms with van der Waals surface area (Å²) in [6.45, 7) is 5.48. The highest BCUT2D eigenvalue weighted by Gasteiger charge is 2.26. The lowest BCUT2D eigenvalue weighted by Crippen LogP contribution is -2.34. The maximum absolute atomic E-state index is 15.5. The molecular weight excluding hydrogens is 373 g/mol. The average molecular weight is 401 g/mol. The normalized spacial score (nSPS) is 13.0. The molecule has 0 heterocycles. The molecule has 0 aliphatic carbocycles. The maximum Gasteiger partial charge on any atom is 0.218 e. The van der Waals surface area contributed by atoms with Gasteiger partial charge in [0.15, 0.2) is 5.78 Å². The van der Waals surface area contributed by atoms with E-state index in [4.69, 9.17) is 16.2 Å². The lowest BCUT2D eigenvalue weighted by atomic mass is 9.94. The van der Waals surface area contributed by atoms with Crippen LogP contribution in [0.1, 0.15) is 59.8 Å². The number of ketones is 1. The molecule has 0 spiro atoms. The van der Waals surface area contributed by atoms with Crippen molar-refractivity contribution in [1.29, 1.82) is 0 Å². The van der Waals surface area contributed by atoms with Crippen LogP contribution in [-0.2, 0) is 4.79 Å². The van der Waals surface area contributed by atoms with Gasteiger partial charge in [0.2, 0.25) is 5.91 Å². The van der Waals surface area contributed by atoms with Gasteiger partial charge in [0.25, 0.3) is 0 Å². The number of rotatable bonds is 9. The van der Waals surface area contributed by atoms with Crippen LogP contribution in [0.2, 0.25) is 0 Å². The van der Waals surface area contributed by atoms with E-state index < -0.39 is 23.5 Å². The van der Waals surface area contributed by atoms with Crippen molar-refractivity contribution in [3.05, 3.63) is 58.4 Å². The largest absolute Gasteiger partial charge is 0.496 e. The van der Waals surface area contributed by atoms with Crippen LogP contribution in [0.25, 0.3) is 0 Å². The number of nitrogen functional groups attached to an aromatic ring is 1. The fraction of sp³-hybridized carbons (Fsp3) is 0.364. The van der Waals surface area contributed by atoms with Crippen LogP contribution in [0.5, 0.6) is 5.75 Å². The Balaban J connectivity index is 2.48. The van der Waals surface area contributed by atoms with Crippen molar-refractivity contribution in [3.63, 3.8) is 0 Å². The first kappa shape index (κ1) is 22.4. The summed E-state index contributed by atoms with van der Waals surface area (Å²) in [6.07, 6.45) is 0.686. The number of nitrogens with one attached hydrogen (secondary N) is 1. The Labute approximate surface area is 170 Å². The molecule has 0 fully saturated rings. The zero-order valence-corrected chi connectivity index (χ0v) is 17.2. The predicted molar refractivity (Wildman–Crippen MR) is 111 cm³/mol. The van der Waals surface area contributed by atoms with Crippen LogP contribution in [-0.4, -0.2) is 24.8 Å². The van der Waals surface area contributed by atoms with Gasteiger partial charge in [0, 0.05) is 35.3 Å². The van der Waals surface area contributed by atoms with Crippen LogP contribution in [0.15, 0.2) is 30.3 Å². The summed E-state index contributed by atoms with van der Waals surface area (Å²) in [5.41, 5.74) is 12.9. The Morgan fingerprint density at radius 2 is 1.93 bits per heavy atom. The third-order valence-electron chi connectivity index (χ3n) is 4.89. The van der Waals surface area contributed by atoms with Crippen molar-refractivity contribution < 1.29 is 18.7 Å². The summed E-state index contributed by atoms with van der Waals surface area (Å²) in [5.74, 6) is -1.41. The summed E-state index contributed by atoms with van der Waals surface area (Å²) in [6, 6.07) is 7.37. The summed E-state index contributed by atoms with van der Waals surface area (Å²) in [4.78, 5) is 24.3. The molecule has 0 saturated carbocycles. The number of benzene rings is 2. The average Bonchev–Trinajstić information content (AvgIpc) is 2.67. The Bertz CT molecular complexity index is 914. The van der Waals surface area contributed by atoms with E-state index in [1.165, 1.54) is 7.11 Å². The molecule has 0 aliphatic heterocycles. The number of hydrogen-bond donors (Lipinski definition) is 3. The number of halogens is 1. The van der Waals surface area contributed by atoms with Crippen molar-refractivity contribution in [2.45, 2.75) is 45.7 Å². The fourth-order valence-electron chi connectivity index (χ4n) is 3.32. The molecule has 0 aromatic heterocycles. The molecule has 0 radical (unpaired) electrons. The van der Waals surface area contributed by atoms with Crippen LogP contribution < -0.4 is 21.5 Å². The second-order valence-corrected chi connectivity index (χ2v) is 7.15. The zero-order valence-electron chi connectivity index (χ0n) is 17.2. The van der Waals surface area contributed by atoms with E-state index in [1.807, 2.05) is 6.92 Å². The Morgan fingerprint density at radius 3 is 2.48 bits per heavy atom. The highest BCUT2D eigenvalue weighted by atomic mass is 19.1. The first-order chi connectivity index (χ1) is 13.7. The van der Waals surface area contributed by atoms with Gasteiger partial charge in [-0.25, -0.2) is 4.39 Å². The number of carbonyl (C=O) groups is 2. The molecule has 2 atom stereocenters. The molecule has 0 unspecified atom stereocenters. The minimum Gasteiger partial charge on any atom is -0.496 e. The topological polar surface area (TPSA) is 107 Å². The highest BCUT2D eigenvalue weighted by Crippen LogP contribution is 2.32. The van der Waals surface area contributed by atoms with Gasteiger partial charge < -0.3 is 21.5 Å². The van der Waals surface area contributed by atoms with Crippen molar-refractivity contribution in [3.8, 4) is 5.75 Å². The van der Waals surface area contributed by atoms with Gasteiger partial charge in [-0.15, -0.1) is 0 Å².